The topological polar surface area (TPSA) is 12.0 Å². The fourth-order valence-corrected chi connectivity index (χ4v) is 1.98. The molecule has 0 aliphatic heterocycles. The van der Waals surface area contributed by atoms with Crippen LogP contribution in [-0.4, -0.2) is 7.05 Å². The van der Waals surface area contributed by atoms with Crippen LogP contribution in [0.4, 0.5) is 4.39 Å². The summed E-state index contributed by atoms with van der Waals surface area (Å²) in [6, 6.07) is 4.84. The molecule has 1 aromatic rings. The van der Waals surface area contributed by atoms with Crippen molar-refractivity contribution in [3.63, 3.8) is 0 Å². The molecule has 0 saturated carbocycles. The molecule has 1 rings (SSSR count). The quantitative estimate of drug-likeness (QED) is 0.831. The zero-order valence-corrected chi connectivity index (χ0v) is 10.4. The van der Waals surface area contributed by atoms with E-state index in [0.717, 1.165) is 16.5 Å². The molecule has 15 heavy (non-hydrogen) atoms. The number of rotatable bonds is 3. The molecule has 1 nitrogen and oxygen atoms in total. The summed E-state index contributed by atoms with van der Waals surface area (Å²) in [5.74, 6) is 5.63. The Labute approximate surface area is 98.2 Å². The van der Waals surface area contributed by atoms with Crippen molar-refractivity contribution in [2.75, 3.05) is 7.05 Å². The van der Waals surface area contributed by atoms with Crippen molar-refractivity contribution in [1.82, 2.24) is 5.32 Å². The maximum atomic E-state index is 12.9. The molecule has 3 heteroatoms. The van der Waals surface area contributed by atoms with Gasteiger partial charge in [-0.1, -0.05) is 22.0 Å². The zero-order chi connectivity index (χ0) is 11.3. The van der Waals surface area contributed by atoms with Gasteiger partial charge in [0, 0.05) is 16.9 Å². The summed E-state index contributed by atoms with van der Waals surface area (Å²) in [6.45, 7) is 1.81. The largest absolute Gasteiger partial charge is 0.312 e. The van der Waals surface area contributed by atoms with Gasteiger partial charge in [-0.05, 0) is 31.7 Å². The first-order valence-electron chi connectivity index (χ1n) is 4.71. The van der Waals surface area contributed by atoms with Crippen LogP contribution >= 0.6 is 15.9 Å². The highest BCUT2D eigenvalue weighted by Crippen LogP contribution is 2.25. The summed E-state index contributed by atoms with van der Waals surface area (Å²) >= 11 is 3.35. The molecular formula is C12H13BrFN. The Bertz CT molecular complexity index is 392. The average molecular weight is 270 g/mol. The van der Waals surface area contributed by atoms with E-state index >= 15 is 0 Å². The van der Waals surface area contributed by atoms with E-state index in [1.807, 2.05) is 14.0 Å². The normalized spacial score (nSPS) is 11.7. The van der Waals surface area contributed by atoms with Gasteiger partial charge in [0.15, 0.2) is 0 Å². The van der Waals surface area contributed by atoms with Gasteiger partial charge in [0.05, 0.1) is 0 Å². The van der Waals surface area contributed by atoms with Crippen molar-refractivity contribution >= 4 is 15.9 Å². The molecule has 0 saturated heterocycles. The maximum absolute atomic E-state index is 12.9. The molecule has 0 amide bonds. The monoisotopic (exact) mass is 269 g/mol. The fraction of sp³-hybridized carbons (Fsp3) is 0.333. The lowest BCUT2D eigenvalue weighted by molar-refractivity contribution is 0.598. The van der Waals surface area contributed by atoms with E-state index in [9.17, 15) is 4.39 Å². The number of nitrogens with one attached hydrogen (secondary N) is 1. The number of hydrogen-bond acceptors (Lipinski definition) is 1. The molecule has 0 spiro atoms. The standard InChI is InChI=1S/C12H13BrFN/c1-3-4-5-12(15-2)10-7-6-9(14)8-11(10)13/h6-8,12,15H,5H2,1-2H3. The van der Waals surface area contributed by atoms with Crippen LogP contribution in [0.15, 0.2) is 22.7 Å². The Morgan fingerprint density at radius 2 is 2.27 bits per heavy atom. The highest BCUT2D eigenvalue weighted by Gasteiger charge is 2.11. The summed E-state index contributed by atoms with van der Waals surface area (Å²) in [6.07, 6.45) is 0.719. The number of hydrogen-bond donors (Lipinski definition) is 1. The molecule has 0 heterocycles. The summed E-state index contributed by atoms with van der Waals surface area (Å²) in [5, 5.41) is 3.16. The highest BCUT2D eigenvalue weighted by molar-refractivity contribution is 9.10. The molecule has 0 fully saturated rings. The van der Waals surface area contributed by atoms with E-state index in [1.54, 1.807) is 6.07 Å². The third-order valence-corrected chi connectivity index (χ3v) is 2.86. The van der Waals surface area contributed by atoms with Crippen LogP contribution in [-0.2, 0) is 0 Å². The van der Waals surface area contributed by atoms with E-state index in [0.29, 0.717) is 0 Å². The fourth-order valence-electron chi connectivity index (χ4n) is 1.36. The zero-order valence-electron chi connectivity index (χ0n) is 8.77. The lowest BCUT2D eigenvalue weighted by Gasteiger charge is -2.15. The molecule has 1 N–H and O–H groups in total. The molecule has 1 aromatic carbocycles. The third-order valence-electron chi connectivity index (χ3n) is 2.17. The molecule has 0 bridgehead atoms. The molecule has 0 aliphatic rings. The van der Waals surface area contributed by atoms with Crippen LogP contribution in [0, 0.1) is 17.7 Å². The van der Waals surface area contributed by atoms with Gasteiger partial charge in [-0.3, -0.25) is 0 Å². The maximum Gasteiger partial charge on any atom is 0.124 e. The van der Waals surface area contributed by atoms with Gasteiger partial charge in [0.25, 0.3) is 0 Å². The van der Waals surface area contributed by atoms with Crippen molar-refractivity contribution in [2.45, 2.75) is 19.4 Å². The predicted octanol–water partition coefficient (Wildman–Crippen LogP) is 3.26. The molecule has 80 valence electrons. The minimum absolute atomic E-state index is 0.132. The molecule has 1 unspecified atom stereocenters. The van der Waals surface area contributed by atoms with E-state index < -0.39 is 0 Å². The van der Waals surface area contributed by atoms with Crippen LogP contribution in [0.3, 0.4) is 0 Å². The summed E-state index contributed by atoms with van der Waals surface area (Å²) in [4.78, 5) is 0. The lowest BCUT2D eigenvalue weighted by Crippen LogP contribution is -2.16. The molecular weight excluding hydrogens is 257 g/mol. The predicted molar refractivity (Wildman–Crippen MR) is 64.0 cm³/mol. The first kappa shape index (κ1) is 12.2. The molecule has 0 aromatic heterocycles. The minimum Gasteiger partial charge on any atom is -0.312 e. The van der Waals surface area contributed by atoms with E-state index in [-0.39, 0.29) is 11.9 Å². The van der Waals surface area contributed by atoms with Crippen molar-refractivity contribution in [3.8, 4) is 11.8 Å². The SMILES string of the molecule is CC#CCC(NC)c1ccc(F)cc1Br. The Morgan fingerprint density at radius 1 is 1.53 bits per heavy atom. The van der Waals surface area contributed by atoms with Crippen LogP contribution < -0.4 is 5.32 Å². The van der Waals surface area contributed by atoms with Crippen LogP contribution in [0.25, 0.3) is 0 Å². The van der Waals surface area contributed by atoms with E-state index in [1.165, 1.54) is 12.1 Å². The molecule has 0 aliphatic carbocycles. The van der Waals surface area contributed by atoms with Gasteiger partial charge in [0.2, 0.25) is 0 Å². The molecule has 1 atom stereocenters. The van der Waals surface area contributed by atoms with Gasteiger partial charge < -0.3 is 5.32 Å². The Kier molecular flexibility index (Phi) is 4.80. The average Bonchev–Trinajstić information content (AvgIpc) is 2.21. The number of benzene rings is 1. The number of halogens is 2. The van der Waals surface area contributed by atoms with Gasteiger partial charge in [-0.2, -0.15) is 0 Å². The van der Waals surface area contributed by atoms with E-state index in [2.05, 4.69) is 33.1 Å². The molecule has 0 radical (unpaired) electrons. The van der Waals surface area contributed by atoms with Crippen LogP contribution in [0.5, 0.6) is 0 Å². The van der Waals surface area contributed by atoms with Crippen molar-refractivity contribution in [1.29, 1.82) is 0 Å². The Morgan fingerprint density at radius 3 is 2.80 bits per heavy atom. The Hall–Kier alpha value is -0.850. The van der Waals surface area contributed by atoms with Gasteiger partial charge >= 0.3 is 0 Å². The smallest absolute Gasteiger partial charge is 0.124 e. The van der Waals surface area contributed by atoms with Crippen molar-refractivity contribution < 1.29 is 4.39 Å². The second-order valence-electron chi connectivity index (χ2n) is 3.14. The summed E-state index contributed by atoms with van der Waals surface area (Å²) in [5.41, 5.74) is 1.03. The second kappa shape index (κ2) is 5.89. The first-order chi connectivity index (χ1) is 7.19. The third kappa shape index (κ3) is 3.33. The Balaban J connectivity index is 2.94. The first-order valence-corrected chi connectivity index (χ1v) is 5.50. The van der Waals surface area contributed by atoms with Crippen molar-refractivity contribution in [3.05, 3.63) is 34.1 Å². The van der Waals surface area contributed by atoms with Crippen LogP contribution in [0.1, 0.15) is 24.9 Å². The second-order valence-corrected chi connectivity index (χ2v) is 3.99. The van der Waals surface area contributed by atoms with Crippen LogP contribution in [0.2, 0.25) is 0 Å². The highest BCUT2D eigenvalue weighted by atomic mass is 79.9. The van der Waals surface area contributed by atoms with Gasteiger partial charge in [0.1, 0.15) is 5.82 Å². The summed E-state index contributed by atoms with van der Waals surface area (Å²) in [7, 11) is 1.87. The minimum atomic E-state index is -0.234. The van der Waals surface area contributed by atoms with Crippen molar-refractivity contribution in [2.24, 2.45) is 0 Å². The van der Waals surface area contributed by atoms with Gasteiger partial charge in [-0.25, -0.2) is 4.39 Å². The lowest BCUT2D eigenvalue weighted by atomic mass is 10.0. The summed E-state index contributed by atoms with van der Waals surface area (Å²) < 4.78 is 13.7. The van der Waals surface area contributed by atoms with E-state index in [4.69, 9.17) is 0 Å². The van der Waals surface area contributed by atoms with Gasteiger partial charge in [-0.15, -0.1) is 11.8 Å².